The van der Waals surface area contributed by atoms with Crippen molar-refractivity contribution >= 4 is 0 Å². The lowest BCUT2D eigenvalue weighted by Gasteiger charge is -2.23. The number of hydrogen-bond acceptors (Lipinski definition) is 3. The van der Waals surface area contributed by atoms with Gasteiger partial charge in [-0.2, -0.15) is 0 Å². The number of aromatic hydroxyl groups is 1. The Morgan fingerprint density at radius 1 is 1.17 bits per heavy atom. The van der Waals surface area contributed by atoms with Crippen molar-refractivity contribution in [2.75, 3.05) is 7.05 Å². The van der Waals surface area contributed by atoms with Gasteiger partial charge in [0.2, 0.25) is 5.43 Å². The van der Waals surface area contributed by atoms with E-state index in [0.29, 0.717) is 12.2 Å². The molecule has 1 aromatic carbocycles. The lowest BCUT2D eigenvalue weighted by Crippen LogP contribution is -2.24. The third-order valence-electron chi connectivity index (χ3n) is 4.05. The molecule has 0 atom stereocenters. The number of hydrogen-bond donors (Lipinski definition) is 1. The van der Waals surface area contributed by atoms with Gasteiger partial charge in [0.25, 0.3) is 0 Å². The molecule has 0 radical (unpaired) electrons. The Morgan fingerprint density at radius 2 is 1.87 bits per heavy atom. The molecule has 0 aliphatic carbocycles. The van der Waals surface area contributed by atoms with Crippen molar-refractivity contribution in [1.82, 2.24) is 9.47 Å². The predicted octanol–water partition coefficient (Wildman–Crippen LogP) is 3.29. The van der Waals surface area contributed by atoms with E-state index in [9.17, 15) is 9.90 Å². The molecule has 0 amide bonds. The molecule has 124 valence electrons. The van der Waals surface area contributed by atoms with E-state index in [-0.39, 0.29) is 11.2 Å². The first kappa shape index (κ1) is 17.3. The number of aryl methyl sites for hydroxylation is 1. The van der Waals surface area contributed by atoms with E-state index >= 15 is 0 Å². The Kier molecular flexibility index (Phi) is 5.99. The number of nitrogens with zero attached hydrogens (tertiary/aromatic N) is 2. The SMILES string of the molecule is CCCCn1c(C)cc(=O)c(O)c1CN(C)Cc1ccccc1. The Bertz CT molecular complexity index is 693. The van der Waals surface area contributed by atoms with E-state index in [1.54, 1.807) is 0 Å². The second kappa shape index (κ2) is 7.97. The molecule has 1 aromatic heterocycles. The molecule has 23 heavy (non-hydrogen) atoms. The third kappa shape index (κ3) is 4.45. The maximum absolute atomic E-state index is 11.9. The zero-order chi connectivity index (χ0) is 16.8. The van der Waals surface area contributed by atoms with Gasteiger partial charge in [0.15, 0.2) is 5.75 Å². The number of pyridine rings is 1. The Balaban J connectivity index is 2.24. The Hall–Kier alpha value is -2.07. The zero-order valence-electron chi connectivity index (χ0n) is 14.2. The van der Waals surface area contributed by atoms with Crippen molar-refractivity contribution in [3.05, 3.63) is 63.6 Å². The summed E-state index contributed by atoms with van der Waals surface area (Å²) in [7, 11) is 2.00. The number of aromatic nitrogens is 1. The van der Waals surface area contributed by atoms with Crippen LogP contribution in [-0.2, 0) is 19.6 Å². The maximum atomic E-state index is 11.9. The molecule has 2 aromatic rings. The molecule has 0 saturated carbocycles. The maximum Gasteiger partial charge on any atom is 0.223 e. The highest BCUT2D eigenvalue weighted by Crippen LogP contribution is 2.18. The summed E-state index contributed by atoms with van der Waals surface area (Å²) < 4.78 is 2.07. The zero-order valence-corrected chi connectivity index (χ0v) is 14.2. The van der Waals surface area contributed by atoms with Gasteiger partial charge < -0.3 is 9.67 Å². The molecule has 0 aliphatic rings. The summed E-state index contributed by atoms with van der Waals surface area (Å²) in [4.78, 5) is 14.1. The normalized spacial score (nSPS) is 11.1. The fourth-order valence-electron chi connectivity index (χ4n) is 2.81. The van der Waals surface area contributed by atoms with Crippen molar-refractivity contribution in [2.45, 2.75) is 46.3 Å². The summed E-state index contributed by atoms with van der Waals surface area (Å²) in [5.41, 5.74) is 2.54. The predicted molar refractivity (Wildman–Crippen MR) is 93.6 cm³/mol. The summed E-state index contributed by atoms with van der Waals surface area (Å²) in [6, 6.07) is 11.7. The van der Waals surface area contributed by atoms with Gasteiger partial charge in [-0.15, -0.1) is 0 Å². The van der Waals surface area contributed by atoms with Crippen LogP contribution in [0.1, 0.15) is 36.7 Å². The van der Waals surface area contributed by atoms with E-state index in [0.717, 1.165) is 31.6 Å². The van der Waals surface area contributed by atoms with Gasteiger partial charge >= 0.3 is 0 Å². The summed E-state index contributed by atoms with van der Waals surface area (Å²) in [6.45, 7) is 6.21. The van der Waals surface area contributed by atoms with Crippen LogP contribution in [0.3, 0.4) is 0 Å². The molecule has 1 N–H and O–H groups in total. The van der Waals surface area contributed by atoms with Crippen molar-refractivity contribution in [3.63, 3.8) is 0 Å². The summed E-state index contributed by atoms with van der Waals surface area (Å²) >= 11 is 0. The minimum atomic E-state index is -0.293. The fourth-order valence-corrected chi connectivity index (χ4v) is 2.81. The van der Waals surface area contributed by atoms with Gasteiger partial charge in [-0.25, -0.2) is 0 Å². The topological polar surface area (TPSA) is 45.5 Å². The van der Waals surface area contributed by atoms with E-state index in [1.807, 2.05) is 32.2 Å². The van der Waals surface area contributed by atoms with Crippen LogP contribution in [0.15, 0.2) is 41.2 Å². The highest BCUT2D eigenvalue weighted by atomic mass is 16.3. The van der Waals surface area contributed by atoms with E-state index in [4.69, 9.17) is 0 Å². The first-order chi connectivity index (χ1) is 11.0. The minimum Gasteiger partial charge on any atom is -0.503 e. The molecule has 1 heterocycles. The molecule has 0 fully saturated rings. The first-order valence-corrected chi connectivity index (χ1v) is 8.17. The minimum absolute atomic E-state index is 0.119. The standard InChI is InChI=1S/C19H26N2O2/c1-4-5-11-21-15(2)12-18(22)19(23)17(21)14-20(3)13-16-9-7-6-8-10-16/h6-10,12,23H,4-5,11,13-14H2,1-3H3. The summed E-state index contributed by atoms with van der Waals surface area (Å²) in [5.74, 6) is -0.119. The molecule has 0 unspecified atom stereocenters. The van der Waals surface area contributed by atoms with Crippen LogP contribution in [0.4, 0.5) is 0 Å². The molecule has 0 aliphatic heterocycles. The quantitative estimate of drug-likeness (QED) is 0.853. The monoisotopic (exact) mass is 314 g/mol. The van der Waals surface area contributed by atoms with Crippen LogP contribution in [0, 0.1) is 6.92 Å². The van der Waals surface area contributed by atoms with Crippen molar-refractivity contribution < 1.29 is 5.11 Å². The lowest BCUT2D eigenvalue weighted by atomic mass is 10.2. The van der Waals surface area contributed by atoms with E-state index in [2.05, 4.69) is 28.5 Å². The molecular formula is C19H26N2O2. The molecule has 0 bridgehead atoms. The largest absolute Gasteiger partial charge is 0.503 e. The van der Waals surface area contributed by atoms with Crippen LogP contribution < -0.4 is 5.43 Å². The first-order valence-electron chi connectivity index (χ1n) is 8.17. The number of rotatable bonds is 7. The van der Waals surface area contributed by atoms with Gasteiger partial charge in [0.1, 0.15) is 0 Å². The van der Waals surface area contributed by atoms with Crippen LogP contribution in [-0.4, -0.2) is 21.6 Å². The molecule has 4 nitrogen and oxygen atoms in total. The molecule has 0 saturated heterocycles. The van der Waals surface area contributed by atoms with E-state index in [1.165, 1.54) is 11.6 Å². The Labute approximate surface area is 138 Å². The van der Waals surface area contributed by atoms with E-state index < -0.39 is 0 Å². The fraction of sp³-hybridized carbons (Fsp3) is 0.421. The highest BCUT2D eigenvalue weighted by molar-refractivity contribution is 5.30. The van der Waals surface area contributed by atoms with Crippen molar-refractivity contribution in [2.24, 2.45) is 0 Å². The Morgan fingerprint density at radius 3 is 2.52 bits per heavy atom. The molecule has 2 rings (SSSR count). The highest BCUT2D eigenvalue weighted by Gasteiger charge is 2.15. The second-order valence-electron chi connectivity index (χ2n) is 6.11. The number of benzene rings is 1. The van der Waals surface area contributed by atoms with Gasteiger partial charge in [-0.05, 0) is 26.0 Å². The average molecular weight is 314 g/mol. The van der Waals surface area contributed by atoms with Gasteiger partial charge in [-0.3, -0.25) is 9.69 Å². The van der Waals surface area contributed by atoms with Crippen LogP contribution in [0.2, 0.25) is 0 Å². The van der Waals surface area contributed by atoms with Gasteiger partial charge in [-0.1, -0.05) is 43.7 Å². The lowest BCUT2D eigenvalue weighted by molar-refractivity contribution is 0.298. The van der Waals surface area contributed by atoms with Crippen molar-refractivity contribution in [3.8, 4) is 5.75 Å². The smallest absolute Gasteiger partial charge is 0.223 e. The third-order valence-corrected chi connectivity index (χ3v) is 4.05. The summed E-state index contributed by atoms with van der Waals surface area (Å²) in [5, 5.41) is 10.3. The van der Waals surface area contributed by atoms with Crippen LogP contribution in [0.25, 0.3) is 0 Å². The summed E-state index contributed by atoms with van der Waals surface area (Å²) in [6.07, 6.45) is 2.10. The van der Waals surface area contributed by atoms with Crippen molar-refractivity contribution in [1.29, 1.82) is 0 Å². The molecule has 4 heteroatoms. The van der Waals surface area contributed by atoms with Crippen LogP contribution in [0.5, 0.6) is 5.75 Å². The molecular weight excluding hydrogens is 288 g/mol. The number of unbranched alkanes of at least 4 members (excludes halogenated alkanes) is 1. The van der Waals surface area contributed by atoms with Gasteiger partial charge in [0.05, 0.1) is 5.69 Å². The average Bonchev–Trinajstić information content (AvgIpc) is 2.53. The second-order valence-corrected chi connectivity index (χ2v) is 6.11. The molecule has 0 spiro atoms. The van der Waals surface area contributed by atoms with Crippen LogP contribution >= 0.6 is 0 Å². The van der Waals surface area contributed by atoms with Gasteiger partial charge in [0, 0.05) is 31.4 Å².